The van der Waals surface area contributed by atoms with Gasteiger partial charge in [-0.15, -0.1) is 0 Å². The molecular weight excluding hydrogens is 360 g/mol. The van der Waals surface area contributed by atoms with Crippen molar-refractivity contribution < 1.29 is 13.2 Å². The van der Waals surface area contributed by atoms with E-state index in [4.69, 9.17) is 0 Å². The number of hydrogen-bond donors (Lipinski definition) is 1. The first-order valence-corrected chi connectivity index (χ1v) is 10.8. The molecule has 0 saturated carbocycles. The summed E-state index contributed by atoms with van der Waals surface area (Å²) in [6.07, 6.45) is 2.62. The van der Waals surface area contributed by atoms with Crippen molar-refractivity contribution in [1.29, 1.82) is 0 Å². The van der Waals surface area contributed by atoms with Gasteiger partial charge in [0.15, 0.2) is 0 Å². The number of aryl methyl sites for hydroxylation is 2. The van der Waals surface area contributed by atoms with Crippen LogP contribution >= 0.6 is 0 Å². The Morgan fingerprint density at radius 2 is 1.70 bits per heavy atom. The zero-order valence-electron chi connectivity index (χ0n) is 15.8. The smallest absolute Gasteiger partial charge is 0.243 e. The third-order valence-corrected chi connectivity index (χ3v) is 7.06. The molecule has 0 radical (unpaired) electrons. The summed E-state index contributed by atoms with van der Waals surface area (Å²) in [5.74, 6) is -0.146. The van der Waals surface area contributed by atoms with Crippen LogP contribution in [-0.4, -0.2) is 31.2 Å². The number of nitrogens with one attached hydrogen (secondary N) is 1. The average molecular weight is 387 g/mol. The van der Waals surface area contributed by atoms with Gasteiger partial charge in [0.05, 0.1) is 4.90 Å². The van der Waals surface area contributed by atoms with Gasteiger partial charge < -0.3 is 5.32 Å². The van der Waals surface area contributed by atoms with Crippen LogP contribution in [0, 0.1) is 13.8 Å². The van der Waals surface area contributed by atoms with Crippen molar-refractivity contribution in [3.05, 3.63) is 59.7 Å². The summed E-state index contributed by atoms with van der Waals surface area (Å²) in [5, 5.41) is 2.98. The predicted octanol–water partition coefficient (Wildman–Crippen LogP) is 3.88. The van der Waals surface area contributed by atoms with Crippen molar-refractivity contribution in [2.75, 3.05) is 11.9 Å². The molecule has 2 aromatic carbocycles. The molecule has 0 bridgehead atoms. The minimum absolute atomic E-state index is 0.146. The van der Waals surface area contributed by atoms with Crippen LogP contribution in [0.25, 0.3) is 0 Å². The van der Waals surface area contributed by atoms with Crippen molar-refractivity contribution in [2.45, 2.75) is 50.5 Å². The van der Waals surface area contributed by atoms with E-state index < -0.39 is 10.0 Å². The Labute approximate surface area is 161 Å². The molecule has 1 aliphatic heterocycles. The second kappa shape index (κ2) is 8.23. The van der Waals surface area contributed by atoms with Gasteiger partial charge in [-0.25, -0.2) is 8.42 Å². The molecule has 0 spiro atoms. The maximum absolute atomic E-state index is 13.0. The number of carbonyl (C=O) groups is 1. The van der Waals surface area contributed by atoms with Gasteiger partial charge >= 0.3 is 0 Å². The fourth-order valence-electron chi connectivity index (χ4n) is 3.64. The molecule has 1 N–H and O–H groups in total. The van der Waals surface area contributed by atoms with Crippen molar-refractivity contribution in [1.82, 2.24) is 4.31 Å². The number of rotatable bonds is 5. The molecule has 0 aromatic heterocycles. The molecule has 1 aliphatic rings. The Bertz CT molecular complexity index is 890. The van der Waals surface area contributed by atoms with Gasteiger partial charge in [-0.1, -0.05) is 42.8 Å². The molecule has 27 heavy (non-hydrogen) atoms. The van der Waals surface area contributed by atoms with Gasteiger partial charge in [0.1, 0.15) is 0 Å². The van der Waals surface area contributed by atoms with Gasteiger partial charge in [-0.05, 0) is 49.9 Å². The third-order valence-electron chi connectivity index (χ3n) is 5.09. The van der Waals surface area contributed by atoms with Gasteiger partial charge in [0.25, 0.3) is 0 Å². The highest BCUT2D eigenvalue weighted by Gasteiger charge is 2.34. The largest absolute Gasteiger partial charge is 0.326 e. The number of hydrogen-bond acceptors (Lipinski definition) is 3. The van der Waals surface area contributed by atoms with E-state index in [1.807, 2.05) is 32.0 Å². The highest BCUT2D eigenvalue weighted by atomic mass is 32.2. The molecule has 2 aromatic rings. The average Bonchev–Trinajstić information content (AvgIpc) is 2.66. The van der Waals surface area contributed by atoms with E-state index >= 15 is 0 Å². The number of piperidine rings is 1. The summed E-state index contributed by atoms with van der Waals surface area (Å²) in [6, 6.07) is 14.0. The van der Waals surface area contributed by atoms with Crippen molar-refractivity contribution in [3.8, 4) is 0 Å². The molecule has 1 fully saturated rings. The molecule has 1 saturated heterocycles. The topological polar surface area (TPSA) is 66.5 Å². The molecule has 144 valence electrons. The molecule has 5 nitrogen and oxygen atoms in total. The minimum Gasteiger partial charge on any atom is -0.326 e. The molecule has 1 unspecified atom stereocenters. The Kier molecular flexibility index (Phi) is 5.97. The van der Waals surface area contributed by atoms with Gasteiger partial charge in [0, 0.05) is 24.7 Å². The van der Waals surface area contributed by atoms with Crippen molar-refractivity contribution in [3.63, 3.8) is 0 Å². The first-order valence-electron chi connectivity index (χ1n) is 9.32. The molecule has 6 heteroatoms. The van der Waals surface area contributed by atoms with Crippen LogP contribution in [0.1, 0.15) is 36.8 Å². The first kappa shape index (κ1) is 19.6. The molecular formula is C21H26N2O3S. The summed E-state index contributed by atoms with van der Waals surface area (Å²) in [4.78, 5) is 12.9. The number of nitrogens with zero attached hydrogens (tertiary/aromatic N) is 1. The van der Waals surface area contributed by atoms with Crippen LogP contribution in [-0.2, 0) is 14.8 Å². The van der Waals surface area contributed by atoms with E-state index in [0.29, 0.717) is 13.0 Å². The van der Waals surface area contributed by atoms with E-state index in [1.165, 1.54) is 4.31 Å². The van der Waals surface area contributed by atoms with E-state index in [1.54, 1.807) is 30.3 Å². The lowest BCUT2D eigenvalue weighted by Crippen LogP contribution is -2.45. The van der Waals surface area contributed by atoms with Crippen molar-refractivity contribution in [2.24, 2.45) is 0 Å². The lowest BCUT2D eigenvalue weighted by molar-refractivity contribution is -0.117. The van der Waals surface area contributed by atoms with Crippen LogP contribution in [0.15, 0.2) is 53.4 Å². The highest BCUT2D eigenvalue weighted by molar-refractivity contribution is 7.89. The number of benzene rings is 2. The van der Waals surface area contributed by atoms with Gasteiger partial charge in [-0.3, -0.25) is 4.79 Å². The third kappa shape index (κ3) is 4.39. The highest BCUT2D eigenvalue weighted by Crippen LogP contribution is 2.28. The van der Waals surface area contributed by atoms with E-state index in [-0.39, 0.29) is 23.3 Å². The van der Waals surface area contributed by atoms with E-state index in [2.05, 4.69) is 5.32 Å². The van der Waals surface area contributed by atoms with Crippen LogP contribution in [0.3, 0.4) is 0 Å². The second-order valence-corrected chi connectivity index (χ2v) is 8.99. The maximum Gasteiger partial charge on any atom is 0.243 e. The quantitative estimate of drug-likeness (QED) is 0.848. The standard InChI is InChI=1S/C21H26N2O3S/c1-16-9-8-10-17(2)21(16)22-20(24)15-18-11-6-7-14-23(18)27(25,26)19-12-4-3-5-13-19/h3-5,8-10,12-13,18H,6-7,11,14-15H2,1-2H3,(H,22,24). The van der Waals surface area contributed by atoms with Crippen LogP contribution in [0.2, 0.25) is 0 Å². The fraction of sp³-hybridized carbons (Fsp3) is 0.381. The summed E-state index contributed by atoms with van der Waals surface area (Å²) in [6.45, 7) is 4.36. The SMILES string of the molecule is Cc1cccc(C)c1NC(=O)CC1CCCCN1S(=O)(=O)c1ccccc1. The van der Waals surface area contributed by atoms with Crippen molar-refractivity contribution >= 4 is 21.6 Å². The number of para-hydroxylation sites is 1. The molecule has 1 atom stereocenters. The lowest BCUT2D eigenvalue weighted by Gasteiger charge is -2.34. The summed E-state index contributed by atoms with van der Waals surface area (Å²) >= 11 is 0. The summed E-state index contributed by atoms with van der Waals surface area (Å²) < 4.78 is 27.6. The minimum atomic E-state index is -3.59. The van der Waals surface area contributed by atoms with E-state index in [9.17, 15) is 13.2 Å². The molecule has 1 amide bonds. The number of carbonyl (C=O) groups excluding carboxylic acids is 1. The Balaban J connectivity index is 1.77. The monoisotopic (exact) mass is 386 g/mol. The molecule has 3 rings (SSSR count). The number of sulfonamides is 1. The Hall–Kier alpha value is -2.18. The zero-order valence-corrected chi connectivity index (χ0v) is 16.6. The zero-order chi connectivity index (χ0) is 19.4. The van der Waals surface area contributed by atoms with Crippen LogP contribution in [0.5, 0.6) is 0 Å². The second-order valence-electron chi connectivity index (χ2n) is 7.10. The Morgan fingerprint density at radius 1 is 1.04 bits per heavy atom. The van der Waals surface area contributed by atoms with Crippen LogP contribution in [0.4, 0.5) is 5.69 Å². The molecule has 1 heterocycles. The molecule has 0 aliphatic carbocycles. The van der Waals surface area contributed by atoms with Crippen LogP contribution < -0.4 is 5.32 Å². The fourth-order valence-corrected chi connectivity index (χ4v) is 5.35. The Morgan fingerprint density at radius 3 is 2.37 bits per heavy atom. The maximum atomic E-state index is 13.0. The predicted molar refractivity (Wildman–Crippen MR) is 107 cm³/mol. The van der Waals surface area contributed by atoms with Gasteiger partial charge in [-0.2, -0.15) is 4.31 Å². The lowest BCUT2D eigenvalue weighted by atomic mass is 10.0. The summed E-state index contributed by atoms with van der Waals surface area (Å²) in [5.41, 5.74) is 2.82. The number of anilines is 1. The van der Waals surface area contributed by atoms with Gasteiger partial charge in [0.2, 0.25) is 15.9 Å². The normalized spacial score (nSPS) is 18.2. The summed E-state index contributed by atoms with van der Waals surface area (Å²) in [7, 11) is -3.59. The first-order chi connectivity index (χ1) is 12.9. The number of amides is 1. The van der Waals surface area contributed by atoms with E-state index in [0.717, 1.165) is 29.7 Å².